The van der Waals surface area contributed by atoms with E-state index < -0.39 is 5.97 Å². The van der Waals surface area contributed by atoms with Gasteiger partial charge in [0.15, 0.2) is 0 Å². The first kappa shape index (κ1) is 16.5. The Hall–Kier alpha value is -2.89. The maximum absolute atomic E-state index is 13.1. The van der Waals surface area contributed by atoms with Gasteiger partial charge in [-0.3, -0.25) is 4.79 Å². The number of ether oxygens (including phenoxy) is 1. The van der Waals surface area contributed by atoms with Crippen molar-refractivity contribution in [2.75, 3.05) is 24.3 Å². The number of rotatable bonds is 5. The molecule has 0 aliphatic heterocycles. The number of hydrogen-bond acceptors (Lipinski definition) is 4. The van der Waals surface area contributed by atoms with Crippen molar-refractivity contribution in [1.82, 2.24) is 0 Å². The Morgan fingerprint density at radius 2 is 1.96 bits per heavy atom. The van der Waals surface area contributed by atoms with Gasteiger partial charge in [0, 0.05) is 11.4 Å². The van der Waals surface area contributed by atoms with Gasteiger partial charge in [-0.15, -0.1) is 0 Å². The van der Waals surface area contributed by atoms with Crippen LogP contribution < -0.4 is 10.6 Å². The number of anilines is 2. The van der Waals surface area contributed by atoms with E-state index in [0.717, 1.165) is 5.56 Å². The van der Waals surface area contributed by atoms with E-state index in [1.165, 1.54) is 19.2 Å². The van der Waals surface area contributed by atoms with Crippen molar-refractivity contribution < 1.29 is 18.7 Å². The minimum absolute atomic E-state index is 0.0225. The standard InChI is InChI=1S/C17H17FN2O3/c1-11-6-7-12(17(22)23-2)8-15(11)20-16(21)10-19-14-5-3-4-13(18)9-14/h3-9,19H,10H2,1-2H3,(H,20,21). The summed E-state index contributed by atoms with van der Waals surface area (Å²) in [6, 6.07) is 10.8. The molecule has 0 unspecified atom stereocenters. The maximum atomic E-state index is 13.1. The lowest BCUT2D eigenvalue weighted by Gasteiger charge is -2.11. The SMILES string of the molecule is COC(=O)c1ccc(C)c(NC(=O)CNc2cccc(F)c2)c1. The number of halogens is 1. The van der Waals surface area contributed by atoms with Crippen molar-refractivity contribution >= 4 is 23.3 Å². The van der Waals surface area contributed by atoms with Crippen LogP contribution >= 0.6 is 0 Å². The number of esters is 1. The molecular formula is C17H17FN2O3. The maximum Gasteiger partial charge on any atom is 0.337 e. The fraction of sp³-hybridized carbons (Fsp3) is 0.176. The van der Waals surface area contributed by atoms with Crippen molar-refractivity contribution in [2.45, 2.75) is 6.92 Å². The number of carbonyl (C=O) groups is 2. The van der Waals surface area contributed by atoms with Crippen LogP contribution in [0.3, 0.4) is 0 Å². The first-order chi connectivity index (χ1) is 11.0. The van der Waals surface area contributed by atoms with Gasteiger partial charge in [-0.1, -0.05) is 12.1 Å². The van der Waals surface area contributed by atoms with E-state index in [1.807, 2.05) is 6.92 Å². The van der Waals surface area contributed by atoms with E-state index in [4.69, 9.17) is 0 Å². The molecule has 0 heterocycles. The molecule has 0 saturated carbocycles. The number of amides is 1. The molecule has 1 amide bonds. The number of hydrogen-bond donors (Lipinski definition) is 2. The van der Waals surface area contributed by atoms with Gasteiger partial charge in [-0.05, 0) is 42.8 Å². The summed E-state index contributed by atoms with van der Waals surface area (Å²) in [5.74, 6) is -1.16. The van der Waals surface area contributed by atoms with Gasteiger partial charge < -0.3 is 15.4 Å². The Bertz CT molecular complexity index is 732. The highest BCUT2D eigenvalue weighted by molar-refractivity contribution is 5.97. The van der Waals surface area contributed by atoms with Crippen molar-refractivity contribution in [3.05, 3.63) is 59.4 Å². The summed E-state index contributed by atoms with van der Waals surface area (Å²) in [5, 5.41) is 5.54. The molecule has 0 aliphatic carbocycles. The molecule has 0 radical (unpaired) electrons. The van der Waals surface area contributed by atoms with E-state index in [0.29, 0.717) is 16.9 Å². The lowest BCUT2D eigenvalue weighted by molar-refractivity contribution is -0.114. The van der Waals surface area contributed by atoms with Crippen molar-refractivity contribution in [2.24, 2.45) is 0 Å². The predicted molar refractivity (Wildman–Crippen MR) is 86.0 cm³/mol. The fourth-order valence-electron chi connectivity index (χ4n) is 1.98. The minimum Gasteiger partial charge on any atom is -0.465 e. The van der Waals surface area contributed by atoms with E-state index in [2.05, 4.69) is 15.4 Å². The Balaban J connectivity index is 2.01. The first-order valence-electron chi connectivity index (χ1n) is 6.98. The summed E-state index contributed by atoms with van der Waals surface area (Å²) in [7, 11) is 1.29. The molecule has 0 aromatic heterocycles. The summed E-state index contributed by atoms with van der Waals surface area (Å²) < 4.78 is 17.7. The number of benzene rings is 2. The van der Waals surface area contributed by atoms with Crippen LogP contribution in [0.15, 0.2) is 42.5 Å². The average Bonchev–Trinajstić information content (AvgIpc) is 2.54. The van der Waals surface area contributed by atoms with Gasteiger partial charge in [0.1, 0.15) is 5.82 Å². The summed E-state index contributed by atoms with van der Waals surface area (Å²) in [4.78, 5) is 23.5. The molecule has 6 heteroatoms. The molecule has 0 saturated heterocycles. The van der Waals surface area contributed by atoms with Crippen molar-refractivity contribution in [3.8, 4) is 0 Å². The minimum atomic E-state index is -0.474. The van der Waals surface area contributed by atoms with Crippen LogP contribution in [0.4, 0.5) is 15.8 Å². The fourth-order valence-corrected chi connectivity index (χ4v) is 1.98. The van der Waals surface area contributed by atoms with E-state index in [1.54, 1.807) is 30.3 Å². The highest BCUT2D eigenvalue weighted by Crippen LogP contribution is 2.17. The van der Waals surface area contributed by atoms with Gasteiger partial charge in [-0.25, -0.2) is 9.18 Å². The Morgan fingerprint density at radius 3 is 2.65 bits per heavy atom. The molecule has 2 N–H and O–H groups in total. The highest BCUT2D eigenvalue weighted by Gasteiger charge is 2.10. The topological polar surface area (TPSA) is 67.4 Å². The Morgan fingerprint density at radius 1 is 1.17 bits per heavy atom. The molecule has 23 heavy (non-hydrogen) atoms. The second-order valence-corrected chi connectivity index (χ2v) is 4.93. The smallest absolute Gasteiger partial charge is 0.337 e. The van der Waals surface area contributed by atoms with Crippen LogP contribution in [-0.2, 0) is 9.53 Å². The molecule has 5 nitrogen and oxygen atoms in total. The van der Waals surface area contributed by atoms with Gasteiger partial charge >= 0.3 is 5.97 Å². The number of carbonyl (C=O) groups excluding carboxylic acids is 2. The molecule has 2 aromatic rings. The van der Waals surface area contributed by atoms with E-state index in [-0.39, 0.29) is 18.3 Å². The van der Waals surface area contributed by atoms with E-state index in [9.17, 15) is 14.0 Å². The van der Waals surface area contributed by atoms with Crippen LogP contribution in [0, 0.1) is 12.7 Å². The Labute approximate surface area is 133 Å². The normalized spacial score (nSPS) is 10.0. The summed E-state index contributed by atoms with van der Waals surface area (Å²) in [5.41, 5.74) is 2.21. The van der Waals surface area contributed by atoms with Crippen LogP contribution in [0.2, 0.25) is 0 Å². The zero-order chi connectivity index (χ0) is 16.8. The summed E-state index contributed by atoms with van der Waals surface area (Å²) in [6.45, 7) is 1.79. The zero-order valence-corrected chi connectivity index (χ0v) is 12.9. The third-order valence-electron chi connectivity index (χ3n) is 3.21. The van der Waals surface area contributed by atoms with Crippen LogP contribution in [0.1, 0.15) is 15.9 Å². The third-order valence-corrected chi connectivity index (χ3v) is 3.21. The molecule has 2 rings (SSSR count). The monoisotopic (exact) mass is 316 g/mol. The quantitative estimate of drug-likeness (QED) is 0.832. The summed E-state index contributed by atoms with van der Waals surface area (Å²) >= 11 is 0. The van der Waals surface area contributed by atoms with Gasteiger partial charge in [0.25, 0.3) is 0 Å². The average molecular weight is 316 g/mol. The molecule has 0 bridgehead atoms. The highest BCUT2D eigenvalue weighted by atomic mass is 19.1. The number of nitrogens with one attached hydrogen (secondary N) is 2. The molecule has 0 atom stereocenters. The molecular weight excluding hydrogens is 299 g/mol. The summed E-state index contributed by atoms with van der Waals surface area (Å²) in [6.07, 6.45) is 0. The van der Waals surface area contributed by atoms with Gasteiger partial charge in [0.2, 0.25) is 5.91 Å². The second-order valence-electron chi connectivity index (χ2n) is 4.93. The van der Waals surface area contributed by atoms with Crippen LogP contribution in [0.25, 0.3) is 0 Å². The number of methoxy groups -OCH3 is 1. The molecule has 0 aliphatic rings. The zero-order valence-electron chi connectivity index (χ0n) is 12.9. The first-order valence-corrected chi connectivity index (χ1v) is 6.98. The lowest BCUT2D eigenvalue weighted by Crippen LogP contribution is -2.22. The van der Waals surface area contributed by atoms with E-state index >= 15 is 0 Å². The van der Waals surface area contributed by atoms with Gasteiger partial charge in [-0.2, -0.15) is 0 Å². The van der Waals surface area contributed by atoms with Crippen molar-refractivity contribution in [3.63, 3.8) is 0 Å². The van der Waals surface area contributed by atoms with Crippen molar-refractivity contribution in [1.29, 1.82) is 0 Å². The molecule has 2 aromatic carbocycles. The van der Waals surface area contributed by atoms with Gasteiger partial charge in [0.05, 0.1) is 19.2 Å². The Kier molecular flexibility index (Phi) is 5.30. The largest absolute Gasteiger partial charge is 0.465 e. The third kappa shape index (κ3) is 4.54. The molecule has 0 fully saturated rings. The molecule has 120 valence electrons. The predicted octanol–water partition coefficient (Wildman–Crippen LogP) is 2.97. The molecule has 0 spiro atoms. The number of aryl methyl sites for hydroxylation is 1. The lowest BCUT2D eigenvalue weighted by atomic mass is 10.1. The second kappa shape index (κ2) is 7.40. The van der Waals surface area contributed by atoms with Crippen LogP contribution in [0.5, 0.6) is 0 Å². The van der Waals surface area contributed by atoms with Crippen LogP contribution in [-0.4, -0.2) is 25.5 Å².